The first-order chi connectivity index (χ1) is 9.76. The molecule has 0 spiro atoms. The zero-order valence-corrected chi connectivity index (χ0v) is 10.9. The summed E-state index contributed by atoms with van der Waals surface area (Å²) < 4.78 is 28.9. The Morgan fingerprint density at radius 2 is 2.25 bits per heavy atom. The summed E-state index contributed by atoms with van der Waals surface area (Å²) in [5.74, 6) is 1.83. The minimum atomic E-state index is -0.515. The summed E-state index contributed by atoms with van der Waals surface area (Å²) in [5, 5.41) is 3.04. The van der Waals surface area contributed by atoms with Crippen LogP contribution in [-0.4, -0.2) is 18.9 Å². The first-order valence-corrected chi connectivity index (χ1v) is 6.09. The van der Waals surface area contributed by atoms with E-state index >= 15 is 0 Å². The lowest BCUT2D eigenvalue weighted by Gasteiger charge is -2.09. The van der Waals surface area contributed by atoms with Crippen LogP contribution in [0.4, 0.5) is 10.2 Å². The first kappa shape index (κ1) is 12.5. The molecule has 2 heterocycles. The fourth-order valence-corrected chi connectivity index (χ4v) is 1.99. The van der Waals surface area contributed by atoms with Gasteiger partial charge in [0.05, 0.1) is 7.11 Å². The van der Waals surface area contributed by atoms with Crippen molar-refractivity contribution in [1.29, 1.82) is 0 Å². The summed E-state index contributed by atoms with van der Waals surface area (Å²) in [6, 6.07) is 8.31. The number of benzene rings is 1. The molecule has 3 rings (SSSR count). The minimum absolute atomic E-state index is 0.189. The molecular weight excluding hydrogens is 263 g/mol. The van der Waals surface area contributed by atoms with E-state index in [1.807, 2.05) is 12.1 Å². The maximum absolute atomic E-state index is 13.0. The monoisotopic (exact) mass is 276 g/mol. The fourth-order valence-electron chi connectivity index (χ4n) is 1.99. The molecule has 0 fully saturated rings. The number of rotatable bonds is 4. The summed E-state index contributed by atoms with van der Waals surface area (Å²) in [4.78, 5) is 3.74. The highest BCUT2D eigenvalue weighted by molar-refractivity contribution is 5.55. The zero-order valence-electron chi connectivity index (χ0n) is 10.9. The van der Waals surface area contributed by atoms with Crippen molar-refractivity contribution in [3.8, 4) is 17.2 Å². The van der Waals surface area contributed by atoms with E-state index in [4.69, 9.17) is 14.2 Å². The highest BCUT2D eigenvalue weighted by Gasteiger charge is 2.19. The highest BCUT2D eigenvalue weighted by atomic mass is 19.1. The highest BCUT2D eigenvalue weighted by Crippen LogP contribution is 2.41. The number of nitrogens with one attached hydrogen (secondary N) is 1. The normalized spacial score (nSPS) is 12.3. The average molecular weight is 276 g/mol. The van der Waals surface area contributed by atoms with Gasteiger partial charge >= 0.3 is 0 Å². The second kappa shape index (κ2) is 5.24. The van der Waals surface area contributed by atoms with Gasteiger partial charge in [-0.25, -0.2) is 4.98 Å². The van der Waals surface area contributed by atoms with Crippen LogP contribution >= 0.6 is 0 Å². The van der Waals surface area contributed by atoms with Crippen molar-refractivity contribution in [2.75, 3.05) is 19.2 Å². The van der Waals surface area contributed by atoms with Gasteiger partial charge in [-0.1, -0.05) is 6.07 Å². The smallest absolute Gasteiger partial charge is 0.231 e. The van der Waals surface area contributed by atoms with Crippen molar-refractivity contribution in [3.63, 3.8) is 0 Å². The van der Waals surface area contributed by atoms with Crippen LogP contribution in [0.2, 0.25) is 0 Å². The predicted molar refractivity (Wildman–Crippen MR) is 70.6 cm³/mol. The Balaban J connectivity index is 1.78. The molecule has 20 heavy (non-hydrogen) atoms. The van der Waals surface area contributed by atoms with E-state index in [9.17, 15) is 4.39 Å². The van der Waals surface area contributed by atoms with Gasteiger partial charge < -0.3 is 19.5 Å². The molecule has 6 heteroatoms. The number of ether oxygens (including phenoxy) is 3. The Morgan fingerprint density at radius 1 is 1.35 bits per heavy atom. The first-order valence-electron chi connectivity index (χ1n) is 6.09. The third kappa shape index (κ3) is 2.45. The molecule has 0 amide bonds. The Bertz CT molecular complexity index is 634. The van der Waals surface area contributed by atoms with E-state index in [-0.39, 0.29) is 6.79 Å². The standard InChI is InChI=1S/C14H13FN2O3/c1-18-10-5-9(6-11-14(10)20-8-19-11)7-16-13-4-2-3-12(15)17-13/h2-6H,7-8H2,1H3,(H,16,17). The molecule has 104 valence electrons. The molecular formula is C14H13FN2O3. The minimum Gasteiger partial charge on any atom is -0.493 e. The Hall–Kier alpha value is -2.50. The molecule has 0 saturated carbocycles. The van der Waals surface area contributed by atoms with Gasteiger partial charge in [-0.15, -0.1) is 0 Å². The molecule has 0 bridgehead atoms. The number of fused-ring (bicyclic) bond motifs is 1. The van der Waals surface area contributed by atoms with E-state index in [1.165, 1.54) is 6.07 Å². The number of hydrogen-bond donors (Lipinski definition) is 1. The molecule has 1 aromatic carbocycles. The largest absolute Gasteiger partial charge is 0.493 e. The Morgan fingerprint density at radius 3 is 3.05 bits per heavy atom. The van der Waals surface area contributed by atoms with Gasteiger partial charge in [-0.05, 0) is 29.8 Å². The maximum atomic E-state index is 13.0. The number of aromatic nitrogens is 1. The van der Waals surface area contributed by atoms with Crippen LogP contribution in [-0.2, 0) is 6.54 Å². The third-order valence-corrected chi connectivity index (χ3v) is 2.91. The molecule has 1 N–H and O–H groups in total. The average Bonchev–Trinajstić information content (AvgIpc) is 2.92. The summed E-state index contributed by atoms with van der Waals surface area (Å²) >= 11 is 0. The van der Waals surface area contributed by atoms with Gasteiger partial charge in [-0.3, -0.25) is 0 Å². The lowest BCUT2D eigenvalue weighted by molar-refractivity contribution is 0.171. The van der Waals surface area contributed by atoms with Gasteiger partial charge in [0.15, 0.2) is 11.5 Å². The van der Waals surface area contributed by atoms with E-state index in [1.54, 1.807) is 19.2 Å². The quantitative estimate of drug-likeness (QED) is 0.870. The van der Waals surface area contributed by atoms with Crippen molar-refractivity contribution in [2.45, 2.75) is 6.54 Å². The molecule has 1 aliphatic rings. The van der Waals surface area contributed by atoms with Gasteiger partial charge in [-0.2, -0.15) is 4.39 Å². The lowest BCUT2D eigenvalue weighted by atomic mass is 10.2. The summed E-state index contributed by atoms with van der Waals surface area (Å²) in [6.07, 6.45) is 0. The van der Waals surface area contributed by atoms with Crippen LogP contribution in [0.1, 0.15) is 5.56 Å². The molecule has 1 aromatic heterocycles. The van der Waals surface area contributed by atoms with Crippen LogP contribution < -0.4 is 19.5 Å². The number of methoxy groups -OCH3 is 1. The van der Waals surface area contributed by atoms with Gasteiger partial charge in [0.2, 0.25) is 18.5 Å². The predicted octanol–water partition coefficient (Wildman–Crippen LogP) is 2.57. The molecule has 1 aliphatic heterocycles. The van der Waals surface area contributed by atoms with Gasteiger partial charge in [0, 0.05) is 6.54 Å². The third-order valence-electron chi connectivity index (χ3n) is 2.91. The van der Waals surface area contributed by atoms with Crippen LogP contribution in [0, 0.1) is 5.95 Å². The number of pyridine rings is 1. The molecule has 0 aliphatic carbocycles. The van der Waals surface area contributed by atoms with Crippen LogP contribution in [0.25, 0.3) is 0 Å². The number of nitrogens with zero attached hydrogens (tertiary/aromatic N) is 1. The van der Waals surface area contributed by atoms with Crippen molar-refractivity contribution in [3.05, 3.63) is 41.8 Å². The molecule has 0 radical (unpaired) electrons. The topological polar surface area (TPSA) is 52.6 Å². The SMILES string of the molecule is COc1cc(CNc2cccc(F)n2)cc2c1OCO2. The zero-order chi connectivity index (χ0) is 13.9. The van der Waals surface area contributed by atoms with Crippen molar-refractivity contribution in [2.24, 2.45) is 0 Å². The van der Waals surface area contributed by atoms with Crippen LogP contribution in [0.3, 0.4) is 0 Å². The molecule has 5 nitrogen and oxygen atoms in total. The van der Waals surface area contributed by atoms with Crippen LogP contribution in [0.5, 0.6) is 17.2 Å². The summed E-state index contributed by atoms with van der Waals surface area (Å²) in [7, 11) is 1.57. The lowest BCUT2D eigenvalue weighted by Crippen LogP contribution is -2.02. The fraction of sp³-hybridized carbons (Fsp3) is 0.214. The maximum Gasteiger partial charge on any atom is 0.231 e. The van der Waals surface area contributed by atoms with Crippen molar-refractivity contribution < 1.29 is 18.6 Å². The van der Waals surface area contributed by atoms with E-state index in [0.717, 1.165) is 5.56 Å². The Kier molecular flexibility index (Phi) is 3.28. The number of halogens is 1. The van der Waals surface area contributed by atoms with Crippen molar-refractivity contribution >= 4 is 5.82 Å². The van der Waals surface area contributed by atoms with Crippen molar-refractivity contribution in [1.82, 2.24) is 4.98 Å². The van der Waals surface area contributed by atoms with E-state index in [0.29, 0.717) is 29.6 Å². The summed E-state index contributed by atoms with van der Waals surface area (Å²) in [5.41, 5.74) is 0.928. The van der Waals surface area contributed by atoms with E-state index in [2.05, 4.69) is 10.3 Å². The second-order valence-corrected chi connectivity index (χ2v) is 4.23. The molecule has 0 saturated heterocycles. The van der Waals surface area contributed by atoms with Crippen LogP contribution in [0.15, 0.2) is 30.3 Å². The number of anilines is 1. The molecule has 0 unspecified atom stereocenters. The molecule has 2 aromatic rings. The molecule has 0 atom stereocenters. The Labute approximate surface area is 115 Å². The second-order valence-electron chi connectivity index (χ2n) is 4.23. The van der Waals surface area contributed by atoms with E-state index < -0.39 is 5.95 Å². The van der Waals surface area contributed by atoms with Gasteiger partial charge in [0.1, 0.15) is 5.82 Å². The summed E-state index contributed by atoms with van der Waals surface area (Å²) in [6.45, 7) is 0.664. The van der Waals surface area contributed by atoms with Gasteiger partial charge in [0.25, 0.3) is 0 Å². The number of hydrogen-bond acceptors (Lipinski definition) is 5.